The summed E-state index contributed by atoms with van der Waals surface area (Å²) in [6.45, 7) is 8.27. The van der Waals surface area contributed by atoms with E-state index in [9.17, 15) is 5.11 Å². The number of rotatable bonds is 9. The highest BCUT2D eigenvalue weighted by Crippen LogP contribution is 2.30. The number of nitrogens with zero attached hydrogens (tertiary/aromatic N) is 2. The summed E-state index contributed by atoms with van der Waals surface area (Å²) < 4.78 is 11.1. The van der Waals surface area contributed by atoms with Crippen molar-refractivity contribution in [3.63, 3.8) is 0 Å². The molecule has 1 aliphatic heterocycles. The van der Waals surface area contributed by atoms with E-state index in [1.54, 1.807) is 7.11 Å². The molecule has 1 aromatic carbocycles. The van der Waals surface area contributed by atoms with Gasteiger partial charge in [0, 0.05) is 45.4 Å². The highest BCUT2D eigenvalue weighted by atomic mass is 16.5. The molecule has 0 bridgehead atoms. The Balaban J connectivity index is 1.59. The number of hydrogen-bond acceptors (Lipinski definition) is 5. The Morgan fingerprint density at radius 3 is 2.64 bits per heavy atom. The minimum absolute atomic E-state index is 0.275. The van der Waals surface area contributed by atoms with Crippen LogP contribution in [0.4, 0.5) is 0 Å². The molecule has 2 aliphatic rings. The average Bonchev–Trinajstić information content (AvgIpc) is 2.71. The second-order valence-electron chi connectivity index (χ2n) is 8.32. The third-order valence-electron chi connectivity index (χ3n) is 6.30. The Hall–Kier alpha value is -1.30. The van der Waals surface area contributed by atoms with Crippen LogP contribution in [0.15, 0.2) is 18.2 Å². The van der Waals surface area contributed by atoms with Gasteiger partial charge in [-0.1, -0.05) is 25.3 Å². The topological polar surface area (TPSA) is 45.2 Å². The van der Waals surface area contributed by atoms with Crippen LogP contribution in [-0.4, -0.2) is 67.5 Å². The van der Waals surface area contributed by atoms with Gasteiger partial charge in [-0.15, -0.1) is 0 Å². The van der Waals surface area contributed by atoms with Crippen LogP contribution in [0.3, 0.4) is 0 Å². The number of hydrogen-bond donors (Lipinski definition) is 1. The van der Waals surface area contributed by atoms with Gasteiger partial charge in [0.1, 0.15) is 0 Å². The van der Waals surface area contributed by atoms with Crippen molar-refractivity contribution in [2.75, 3.05) is 46.5 Å². The number of ether oxygens (including phenoxy) is 2. The lowest BCUT2D eigenvalue weighted by Gasteiger charge is -2.43. The van der Waals surface area contributed by atoms with Crippen LogP contribution in [0.5, 0.6) is 11.5 Å². The summed E-state index contributed by atoms with van der Waals surface area (Å²) in [5, 5.41) is 9.60. The number of aliphatic hydroxyl groups excluding tert-OH is 1. The van der Waals surface area contributed by atoms with E-state index in [1.807, 2.05) is 13.0 Å². The van der Waals surface area contributed by atoms with Gasteiger partial charge in [0.2, 0.25) is 0 Å². The summed E-state index contributed by atoms with van der Waals surface area (Å²) in [7, 11) is 1.68. The van der Waals surface area contributed by atoms with Gasteiger partial charge < -0.3 is 14.6 Å². The molecule has 158 valence electrons. The standard InChI is InChI=1S/C23H38N2O3/c1-3-28-23-15-20(9-10-22(23)27-2)16-24-12-13-25(21(18-24)11-14-26)17-19-7-5-4-6-8-19/h9-10,15,19,21,26H,3-8,11-14,16-18H2,1-2H3. The van der Waals surface area contributed by atoms with Gasteiger partial charge in [0.25, 0.3) is 0 Å². The maximum absolute atomic E-state index is 9.60. The summed E-state index contributed by atoms with van der Waals surface area (Å²) >= 11 is 0. The van der Waals surface area contributed by atoms with Gasteiger partial charge in [-0.2, -0.15) is 0 Å². The predicted octanol–water partition coefficient (Wildman–Crippen LogP) is 3.54. The Morgan fingerprint density at radius 1 is 1.11 bits per heavy atom. The monoisotopic (exact) mass is 390 g/mol. The minimum Gasteiger partial charge on any atom is -0.493 e. The molecule has 1 atom stereocenters. The smallest absolute Gasteiger partial charge is 0.161 e. The Morgan fingerprint density at radius 2 is 1.93 bits per heavy atom. The first-order chi connectivity index (χ1) is 13.7. The van der Waals surface area contributed by atoms with Crippen molar-refractivity contribution in [2.24, 2.45) is 5.92 Å². The van der Waals surface area contributed by atoms with Crippen LogP contribution in [0.25, 0.3) is 0 Å². The first-order valence-corrected chi connectivity index (χ1v) is 11.1. The third-order valence-corrected chi connectivity index (χ3v) is 6.30. The molecular formula is C23H38N2O3. The predicted molar refractivity (Wildman–Crippen MR) is 113 cm³/mol. The molecular weight excluding hydrogens is 352 g/mol. The molecule has 2 fully saturated rings. The fraction of sp³-hybridized carbons (Fsp3) is 0.739. The third kappa shape index (κ3) is 5.85. The molecule has 0 amide bonds. The van der Waals surface area contributed by atoms with E-state index < -0.39 is 0 Å². The minimum atomic E-state index is 0.275. The summed E-state index contributed by atoms with van der Waals surface area (Å²) in [5.74, 6) is 2.48. The summed E-state index contributed by atoms with van der Waals surface area (Å²) in [5.41, 5.74) is 1.26. The van der Waals surface area contributed by atoms with Crippen molar-refractivity contribution in [3.05, 3.63) is 23.8 Å². The summed E-state index contributed by atoms with van der Waals surface area (Å²) in [6.07, 6.45) is 7.85. The molecule has 1 saturated carbocycles. The van der Waals surface area contributed by atoms with Gasteiger partial charge in [0.15, 0.2) is 11.5 Å². The lowest BCUT2D eigenvalue weighted by Crippen LogP contribution is -2.54. The van der Waals surface area contributed by atoms with Gasteiger partial charge in [0.05, 0.1) is 13.7 Å². The van der Waals surface area contributed by atoms with E-state index in [4.69, 9.17) is 9.47 Å². The first-order valence-electron chi connectivity index (χ1n) is 11.1. The van der Waals surface area contributed by atoms with Crippen LogP contribution in [0.1, 0.15) is 51.0 Å². The fourth-order valence-corrected chi connectivity index (χ4v) is 4.81. The molecule has 5 heteroatoms. The summed E-state index contributed by atoms with van der Waals surface area (Å²) in [4.78, 5) is 5.18. The highest BCUT2D eigenvalue weighted by molar-refractivity contribution is 5.43. The Labute approximate surface area is 170 Å². The second-order valence-corrected chi connectivity index (χ2v) is 8.32. The molecule has 0 aromatic heterocycles. The SMILES string of the molecule is CCOc1cc(CN2CCN(CC3CCCCC3)C(CCO)C2)ccc1OC. The molecule has 0 spiro atoms. The molecule has 1 heterocycles. The van der Waals surface area contributed by atoms with Gasteiger partial charge in [-0.25, -0.2) is 0 Å². The van der Waals surface area contributed by atoms with Crippen molar-refractivity contribution in [1.29, 1.82) is 0 Å². The highest BCUT2D eigenvalue weighted by Gasteiger charge is 2.29. The molecule has 0 radical (unpaired) electrons. The lowest BCUT2D eigenvalue weighted by molar-refractivity contribution is 0.0400. The number of benzene rings is 1. The van der Waals surface area contributed by atoms with E-state index in [2.05, 4.69) is 21.9 Å². The van der Waals surface area contributed by atoms with E-state index >= 15 is 0 Å². The molecule has 1 saturated heterocycles. The Bertz CT molecular complexity index is 589. The van der Waals surface area contributed by atoms with Crippen LogP contribution in [0.2, 0.25) is 0 Å². The lowest BCUT2D eigenvalue weighted by atomic mass is 9.88. The van der Waals surface area contributed by atoms with E-state index in [-0.39, 0.29) is 6.61 Å². The van der Waals surface area contributed by atoms with Gasteiger partial charge in [-0.3, -0.25) is 9.80 Å². The van der Waals surface area contributed by atoms with Crippen molar-refractivity contribution in [2.45, 2.75) is 58.0 Å². The molecule has 1 unspecified atom stereocenters. The largest absolute Gasteiger partial charge is 0.493 e. The maximum atomic E-state index is 9.60. The zero-order chi connectivity index (χ0) is 19.8. The quantitative estimate of drug-likeness (QED) is 0.699. The molecule has 1 aliphatic carbocycles. The van der Waals surface area contributed by atoms with Crippen molar-refractivity contribution in [3.8, 4) is 11.5 Å². The van der Waals surface area contributed by atoms with E-state index in [0.29, 0.717) is 12.6 Å². The van der Waals surface area contributed by atoms with Gasteiger partial charge in [-0.05, 0) is 49.8 Å². The number of methoxy groups -OCH3 is 1. The van der Waals surface area contributed by atoms with Crippen molar-refractivity contribution < 1.29 is 14.6 Å². The first kappa shape index (κ1) is 21.4. The molecule has 5 nitrogen and oxygen atoms in total. The van der Waals surface area contributed by atoms with Gasteiger partial charge >= 0.3 is 0 Å². The zero-order valence-corrected chi connectivity index (χ0v) is 17.7. The van der Waals surface area contributed by atoms with Crippen LogP contribution < -0.4 is 9.47 Å². The fourth-order valence-electron chi connectivity index (χ4n) is 4.81. The zero-order valence-electron chi connectivity index (χ0n) is 17.7. The maximum Gasteiger partial charge on any atom is 0.161 e. The number of piperazine rings is 1. The average molecular weight is 391 g/mol. The van der Waals surface area contributed by atoms with Crippen molar-refractivity contribution in [1.82, 2.24) is 9.80 Å². The molecule has 3 rings (SSSR count). The normalized spacial score (nSPS) is 22.3. The van der Waals surface area contributed by atoms with E-state index in [1.165, 1.54) is 44.2 Å². The molecule has 1 aromatic rings. The van der Waals surface area contributed by atoms with Crippen LogP contribution in [-0.2, 0) is 6.54 Å². The molecule has 1 N–H and O–H groups in total. The van der Waals surface area contributed by atoms with E-state index in [0.717, 1.165) is 50.0 Å². The van der Waals surface area contributed by atoms with Crippen LogP contribution >= 0.6 is 0 Å². The molecule has 28 heavy (non-hydrogen) atoms. The Kier molecular flexibility index (Phi) is 8.44. The van der Waals surface area contributed by atoms with Crippen LogP contribution in [0, 0.1) is 5.92 Å². The summed E-state index contributed by atoms with van der Waals surface area (Å²) in [6, 6.07) is 6.71. The van der Waals surface area contributed by atoms with Crippen molar-refractivity contribution >= 4 is 0 Å². The second kappa shape index (κ2) is 11.0. The number of aliphatic hydroxyl groups is 1.